The highest BCUT2D eigenvalue weighted by molar-refractivity contribution is 5.42. The Morgan fingerprint density at radius 2 is 2.25 bits per heavy atom. The summed E-state index contributed by atoms with van der Waals surface area (Å²) in [6.07, 6.45) is 4.93. The first-order valence-electron chi connectivity index (χ1n) is 5.67. The fourth-order valence-electron chi connectivity index (χ4n) is 2.02. The molecule has 4 nitrogen and oxygen atoms in total. The number of aliphatic hydroxyl groups is 1. The van der Waals surface area contributed by atoms with Crippen LogP contribution in [0.4, 0.5) is 0 Å². The Morgan fingerprint density at radius 3 is 2.81 bits per heavy atom. The van der Waals surface area contributed by atoms with Crippen molar-refractivity contribution in [3.8, 4) is 5.75 Å². The van der Waals surface area contributed by atoms with Gasteiger partial charge in [-0.2, -0.15) is 0 Å². The van der Waals surface area contributed by atoms with Crippen molar-refractivity contribution in [3.63, 3.8) is 0 Å². The Bertz CT molecular complexity index is 389. The number of aromatic nitrogens is 1. The molecule has 1 aliphatic rings. The van der Waals surface area contributed by atoms with Gasteiger partial charge in [-0.15, -0.1) is 0 Å². The maximum absolute atomic E-state index is 9.96. The van der Waals surface area contributed by atoms with Crippen molar-refractivity contribution in [3.05, 3.63) is 23.0 Å². The van der Waals surface area contributed by atoms with Gasteiger partial charge in [-0.05, 0) is 19.3 Å². The van der Waals surface area contributed by atoms with Gasteiger partial charge in [-0.1, -0.05) is 12.8 Å². The Hall–Kier alpha value is -1.13. The summed E-state index contributed by atoms with van der Waals surface area (Å²) < 4.78 is 0. The summed E-state index contributed by atoms with van der Waals surface area (Å²) in [5, 5.41) is 19.2. The van der Waals surface area contributed by atoms with Crippen molar-refractivity contribution >= 4 is 0 Å². The molecule has 0 amide bonds. The van der Waals surface area contributed by atoms with Gasteiger partial charge < -0.3 is 15.9 Å². The van der Waals surface area contributed by atoms with E-state index in [0.717, 1.165) is 6.42 Å². The maximum atomic E-state index is 9.96. The number of hydrogen-bond acceptors (Lipinski definition) is 4. The van der Waals surface area contributed by atoms with Gasteiger partial charge in [0.1, 0.15) is 5.75 Å². The fraction of sp³-hybridized carbons (Fsp3) is 0.583. The molecule has 1 aromatic rings. The second kappa shape index (κ2) is 4.39. The number of nitrogens with two attached hydrogens (primary N) is 1. The van der Waals surface area contributed by atoms with Crippen LogP contribution in [0.3, 0.4) is 0 Å². The third-order valence-electron chi connectivity index (χ3n) is 3.18. The van der Waals surface area contributed by atoms with E-state index in [2.05, 4.69) is 4.98 Å². The summed E-state index contributed by atoms with van der Waals surface area (Å²) in [6.45, 7) is 1.61. The van der Waals surface area contributed by atoms with E-state index in [0.29, 0.717) is 22.7 Å². The van der Waals surface area contributed by atoms with E-state index in [1.165, 1.54) is 12.8 Å². The number of aryl methyl sites for hydroxylation is 1. The zero-order chi connectivity index (χ0) is 11.7. The molecule has 0 unspecified atom stereocenters. The first-order chi connectivity index (χ1) is 7.63. The SMILES string of the molecule is Cc1ncc(CO)c([C@H](N)CC2CC2)c1O. The molecule has 1 aromatic heterocycles. The lowest BCUT2D eigenvalue weighted by atomic mass is 9.97. The highest BCUT2D eigenvalue weighted by atomic mass is 16.3. The minimum absolute atomic E-state index is 0.130. The Morgan fingerprint density at radius 1 is 1.56 bits per heavy atom. The van der Waals surface area contributed by atoms with Crippen LogP contribution in [-0.2, 0) is 6.61 Å². The van der Waals surface area contributed by atoms with Crippen LogP contribution >= 0.6 is 0 Å². The van der Waals surface area contributed by atoms with E-state index >= 15 is 0 Å². The Kier molecular flexibility index (Phi) is 3.12. The smallest absolute Gasteiger partial charge is 0.141 e. The summed E-state index contributed by atoms with van der Waals surface area (Å²) in [5.74, 6) is 0.828. The molecule has 16 heavy (non-hydrogen) atoms. The number of rotatable bonds is 4. The van der Waals surface area contributed by atoms with E-state index in [1.807, 2.05) is 0 Å². The highest BCUT2D eigenvalue weighted by Gasteiger charge is 2.27. The first-order valence-corrected chi connectivity index (χ1v) is 5.67. The Labute approximate surface area is 95.1 Å². The van der Waals surface area contributed by atoms with Gasteiger partial charge in [0.2, 0.25) is 0 Å². The molecule has 1 aliphatic carbocycles. The van der Waals surface area contributed by atoms with Crippen molar-refractivity contribution in [2.45, 2.75) is 38.8 Å². The van der Waals surface area contributed by atoms with Crippen LogP contribution in [0, 0.1) is 12.8 Å². The average molecular weight is 222 g/mol. The molecule has 88 valence electrons. The molecule has 0 saturated heterocycles. The summed E-state index contributed by atoms with van der Waals surface area (Å²) in [7, 11) is 0. The number of pyridine rings is 1. The highest BCUT2D eigenvalue weighted by Crippen LogP contribution is 2.39. The summed E-state index contributed by atoms with van der Waals surface area (Å²) in [4.78, 5) is 4.02. The van der Waals surface area contributed by atoms with E-state index in [9.17, 15) is 10.2 Å². The minimum atomic E-state index is -0.198. The van der Waals surface area contributed by atoms with Crippen molar-refractivity contribution in [1.82, 2.24) is 4.98 Å². The van der Waals surface area contributed by atoms with Crippen molar-refractivity contribution in [2.24, 2.45) is 11.7 Å². The van der Waals surface area contributed by atoms with Crippen LogP contribution < -0.4 is 5.73 Å². The molecule has 0 aromatic carbocycles. The zero-order valence-electron chi connectivity index (χ0n) is 9.48. The van der Waals surface area contributed by atoms with Gasteiger partial charge in [0.25, 0.3) is 0 Å². The van der Waals surface area contributed by atoms with E-state index < -0.39 is 0 Å². The van der Waals surface area contributed by atoms with E-state index in [1.54, 1.807) is 13.1 Å². The molecule has 0 bridgehead atoms. The van der Waals surface area contributed by atoms with Gasteiger partial charge in [-0.3, -0.25) is 4.98 Å². The minimum Gasteiger partial charge on any atom is -0.506 e. The quantitative estimate of drug-likeness (QED) is 0.719. The van der Waals surface area contributed by atoms with Crippen LogP contribution in [0.15, 0.2) is 6.20 Å². The summed E-state index contributed by atoms with van der Waals surface area (Å²) in [5.41, 5.74) is 7.95. The zero-order valence-corrected chi connectivity index (χ0v) is 9.48. The lowest BCUT2D eigenvalue weighted by Gasteiger charge is -2.17. The van der Waals surface area contributed by atoms with E-state index in [4.69, 9.17) is 5.73 Å². The molecule has 1 saturated carbocycles. The van der Waals surface area contributed by atoms with Gasteiger partial charge in [0.05, 0.1) is 12.3 Å². The molecule has 0 spiro atoms. The molecule has 2 rings (SSSR count). The monoisotopic (exact) mass is 222 g/mol. The van der Waals surface area contributed by atoms with Crippen LogP contribution in [0.1, 0.15) is 42.1 Å². The third-order valence-corrected chi connectivity index (χ3v) is 3.18. The van der Waals surface area contributed by atoms with Crippen molar-refractivity contribution in [1.29, 1.82) is 0 Å². The van der Waals surface area contributed by atoms with Gasteiger partial charge >= 0.3 is 0 Å². The van der Waals surface area contributed by atoms with E-state index in [-0.39, 0.29) is 18.4 Å². The van der Waals surface area contributed by atoms with Crippen molar-refractivity contribution in [2.75, 3.05) is 0 Å². The third kappa shape index (κ3) is 2.18. The second-order valence-electron chi connectivity index (χ2n) is 4.57. The van der Waals surface area contributed by atoms with Gasteiger partial charge in [-0.25, -0.2) is 0 Å². The summed E-state index contributed by atoms with van der Waals surface area (Å²) >= 11 is 0. The topological polar surface area (TPSA) is 79.4 Å². The van der Waals surface area contributed by atoms with Gasteiger partial charge in [0, 0.05) is 23.4 Å². The number of aliphatic hydroxyl groups excluding tert-OH is 1. The van der Waals surface area contributed by atoms with Crippen LogP contribution in [0.5, 0.6) is 5.75 Å². The maximum Gasteiger partial charge on any atom is 0.141 e. The van der Waals surface area contributed by atoms with Crippen LogP contribution in [0.2, 0.25) is 0 Å². The number of aromatic hydroxyl groups is 1. The number of nitrogens with zero attached hydrogens (tertiary/aromatic N) is 1. The standard InChI is InChI=1S/C12H18N2O2/c1-7-12(16)11(9(6-15)5-14-7)10(13)4-8-2-3-8/h5,8,10,15-16H,2-4,6,13H2,1H3/t10-/m1/s1. The summed E-state index contributed by atoms with van der Waals surface area (Å²) in [6, 6.07) is -0.198. The Balaban J connectivity index is 2.31. The van der Waals surface area contributed by atoms with Gasteiger partial charge in [0.15, 0.2) is 0 Å². The number of hydrogen-bond donors (Lipinski definition) is 3. The second-order valence-corrected chi connectivity index (χ2v) is 4.57. The normalized spacial score (nSPS) is 17.4. The molecule has 1 heterocycles. The molecule has 4 heteroatoms. The fourth-order valence-corrected chi connectivity index (χ4v) is 2.02. The van der Waals surface area contributed by atoms with Crippen LogP contribution in [-0.4, -0.2) is 15.2 Å². The molecule has 0 aliphatic heterocycles. The molecular formula is C12H18N2O2. The lowest BCUT2D eigenvalue weighted by Crippen LogP contribution is -2.14. The van der Waals surface area contributed by atoms with Crippen molar-refractivity contribution < 1.29 is 10.2 Å². The predicted molar refractivity (Wildman–Crippen MR) is 60.8 cm³/mol. The average Bonchev–Trinajstić information content (AvgIpc) is 3.05. The molecule has 1 fully saturated rings. The predicted octanol–water partition coefficient (Wildman–Crippen LogP) is 1.39. The first kappa shape index (κ1) is 11.4. The lowest BCUT2D eigenvalue weighted by molar-refractivity contribution is 0.277. The van der Waals surface area contributed by atoms with Crippen LogP contribution in [0.25, 0.3) is 0 Å². The largest absolute Gasteiger partial charge is 0.506 e. The molecule has 4 N–H and O–H groups in total. The molecule has 1 atom stereocenters. The molecule has 0 radical (unpaired) electrons. The molecular weight excluding hydrogens is 204 g/mol.